The van der Waals surface area contributed by atoms with Gasteiger partial charge in [-0.3, -0.25) is 0 Å². The SMILES string of the molecule is CCOC(=O)c1cc(N(CC)CCC#N)ncc1N. The summed E-state index contributed by atoms with van der Waals surface area (Å²) in [6, 6.07) is 3.69. The number of nitriles is 1. The van der Waals surface area contributed by atoms with Crippen LogP contribution in [0, 0.1) is 11.3 Å². The molecular weight excluding hydrogens is 244 g/mol. The number of pyridine rings is 1. The second-order valence-corrected chi connectivity index (χ2v) is 3.84. The van der Waals surface area contributed by atoms with Crippen molar-refractivity contribution in [3.05, 3.63) is 17.8 Å². The van der Waals surface area contributed by atoms with E-state index < -0.39 is 5.97 Å². The van der Waals surface area contributed by atoms with E-state index in [0.717, 1.165) is 0 Å². The molecule has 0 radical (unpaired) electrons. The lowest BCUT2D eigenvalue weighted by molar-refractivity contribution is 0.0527. The maximum atomic E-state index is 11.7. The molecule has 1 heterocycles. The number of nitrogens with two attached hydrogens (primary N) is 1. The predicted octanol–water partition coefficient (Wildman–Crippen LogP) is 1.58. The Morgan fingerprint density at radius 2 is 2.32 bits per heavy atom. The molecule has 0 spiro atoms. The van der Waals surface area contributed by atoms with Gasteiger partial charge in [-0.2, -0.15) is 5.26 Å². The first-order chi connectivity index (χ1) is 9.13. The first-order valence-corrected chi connectivity index (χ1v) is 6.18. The molecule has 0 aliphatic carbocycles. The van der Waals surface area contributed by atoms with Crippen molar-refractivity contribution in [3.63, 3.8) is 0 Å². The summed E-state index contributed by atoms with van der Waals surface area (Å²) in [6.45, 7) is 5.25. The third-order valence-electron chi connectivity index (χ3n) is 2.61. The maximum absolute atomic E-state index is 11.7. The summed E-state index contributed by atoms with van der Waals surface area (Å²) >= 11 is 0. The lowest BCUT2D eigenvalue weighted by atomic mass is 10.2. The highest BCUT2D eigenvalue weighted by Crippen LogP contribution is 2.19. The van der Waals surface area contributed by atoms with Gasteiger partial charge in [0.05, 0.1) is 36.5 Å². The van der Waals surface area contributed by atoms with Crippen LogP contribution in [-0.4, -0.2) is 30.6 Å². The number of ether oxygens (including phenoxy) is 1. The van der Waals surface area contributed by atoms with Gasteiger partial charge in [0.25, 0.3) is 0 Å². The van der Waals surface area contributed by atoms with E-state index in [1.165, 1.54) is 6.20 Å². The van der Waals surface area contributed by atoms with Crippen LogP contribution in [0.2, 0.25) is 0 Å². The number of nitrogen functional groups attached to an aromatic ring is 1. The zero-order valence-electron chi connectivity index (χ0n) is 11.2. The van der Waals surface area contributed by atoms with E-state index in [2.05, 4.69) is 11.1 Å². The molecule has 19 heavy (non-hydrogen) atoms. The average molecular weight is 262 g/mol. The maximum Gasteiger partial charge on any atom is 0.340 e. The van der Waals surface area contributed by atoms with E-state index in [1.54, 1.807) is 13.0 Å². The van der Waals surface area contributed by atoms with E-state index in [4.69, 9.17) is 15.7 Å². The zero-order chi connectivity index (χ0) is 14.3. The second-order valence-electron chi connectivity index (χ2n) is 3.84. The monoisotopic (exact) mass is 262 g/mol. The molecule has 0 unspecified atom stereocenters. The van der Waals surface area contributed by atoms with Gasteiger partial charge in [-0.25, -0.2) is 9.78 Å². The molecule has 6 nitrogen and oxygen atoms in total. The second kappa shape index (κ2) is 7.21. The number of carbonyl (C=O) groups is 1. The van der Waals surface area contributed by atoms with Crippen molar-refractivity contribution in [1.29, 1.82) is 5.26 Å². The van der Waals surface area contributed by atoms with Gasteiger partial charge in [-0.1, -0.05) is 0 Å². The van der Waals surface area contributed by atoms with Crippen molar-refractivity contribution >= 4 is 17.5 Å². The van der Waals surface area contributed by atoms with Crippen molar-refractivity contribution in [2.24, 2.45) is 0 Å². The highest BCUT2D eigenvalue weighted by Gasteiger charge is 2.14. The number of anilines is 2. The van der Waals surface area contributed by atoms with Crippen molar-refractivity contribution in [1.82, 2.24) is 4.98 Å². The van der Waals surface area contributed by atoms with Gasteiger partial charge in [-0.15, -0.1) is 0 Å². The van der Waals surface area contributed by atoms with E-state index in [1.807, 2.05) is 11.8 Å². The first kappa shape index (κ1) is 14.8. The Balaban J connectivity index is 3.00. The number of aromatic nitrogens is 1. The van der Waals surface area contributed by atoms with Crippen molar-refractivity contribution in [2.75, 3.05) is 30.3 Å². The average Bonchev–Trinajstić information content (AvgIpc) is 2.41. The molecule has 0 saturated heterocycles. The number of nitrogens with zero attached hydrogens (tertiary/aromatic N) is 3. The minimum atomic E-state index is -0.458. The number of carbonyl (C=O) groups excluding carboxylic acids is 1. The summed E-state index contributed by atoms with van der Waals surface area (Å²) in [5.41, 5.74) is 6.33. The molecule has 0 fully saturated rings. The molecule has 1 aromatic heterocycles. The number of rotatable bonds is 6. The van der Waals surface area contributed by atoms with Gasteiger partial charge < -0.3 is 15.4 Å². The summed E-state index contributed by atoms with van der Waals surface area (Å²) in [7, 11) is 0. The standard InChI is InChI=1S/C13H18N4O2/c1-3-17(7-5-6-14)12-8-10(11(15)9-16-12)13(18)19-4-2/h8-9H,3-5,7,15H2,1-2H3. The molecule has 1 aromatic rings. The highest BCUT2D eigenvalue weighted by atomic mass is 16.5. The molecule has 0 aliphatic rings. The van der Waals surface area contributed by atoms with Crippen LogP contribution in [0.5, 0.6) is 0 Å². The molecule has 0 saturated carbocycles. The van der Waals surface area contributed by atoms with E-state index in [9.17, 15) is 4.79 Å². The Hall–Kier alpha value is -2.29. The van der Waals surface area contributed by atoms with Crippen molar-refractivity contribution in [3.8, 4) is 6.07 Å². The Bertz CT molecular complexity index is 482. The molecule has 0 bridgehead atoms. The Labute approximate surface area is 112 Å². The van der Waals surface area contributed by atoms with Crippen LogP contribution in [0.15, 0.2) is 12.3 Å². The topological polar surface area (TPSA) is 92.2 Å². The zero-order valence-corrected chi connectivity index (χ0v) is 11.2. The summed E-state index contributed by atoms with van der Waals surface area (Å²) < 4.78 is 4.94. The fourth-order valence-electron chi connectivity index (χ4n) is 1.63. The van der Waals surface area contributed by atoms with Gasteiger partial charge in [0.2, 0.25) is 0 Å². The van der Waals surface area contributed by atoms with Gasteiger partial charge in [-0.05, 0) is 19.9 Å². The molecular formula is C13H18N4O2. The summed E-state index contributed by atoms with van der Waals surface area (Å²) in [6.07, 6.45) is 1.84. The van der Waals surface area contributed by atoms with Crippen molar-refractivity contribution in [2.45, 2.75) is 20.3 Å². The largest absolute Gasteiger partial charge is 0.462 e. The lowest BCUT2D eigenvalue weighted by Crippen LogP contribution is -2.25. The quantitative estimate of drug-likeness (QED) is 0.782. The van der Waals surface area contributed by atoms with Gasteiger partial charge in [0, 0.05) is 13.1 Å². The fourth-order valence-corrected chi connectivity index (χ4v) is 1.63. The summed E-state index contributed by atoms with van der Waals surface area (Å²) in [5, 5.41) is 8.62. The summed E-state index contributed by atoms with van der Waals surface area (Å²) in [4.78, 5) is 17.8. The van der Waals surface area contributed by atoms with Crippen LogP contribution in [0.4, 0.5) is 11.5 Å². The van der Waals surface area contributed by atoms with Gasteiger partial charge in [0.1, 0.15) is 5.82 Å². The van der Waals surface area contributed by atoms with Crippen molar-refractivity contribution < 1.29 is 9.53 Å². The third kappa shape index (κ3) is 3.85. The van der Waals surface area contributed by atoms with Gasteiger partial charge >= 0.3 is 5.97 Å². The molecule has 2 N–H and O–H groups in total. The van der Waals surface area contributed by atoms with Crippen LogP contribution in [0.1, 0.15) is 30.6 Å². The van der Waals surface area contributed by atoms with E-state index in [0.29, 0.717) is 43.2 Å². The molecule has 0 amide bonds. The molecule has 0 aromatic carbocycles. The minimum Gasteiger partial charge on any atom is -0.462 e. The molecule has 0 atom stereocenters. The van der Waals surface area contributed by atoms with Crippen LogP contribution in [-0.2, 0) is 4.74 Å². The minimum absolute atomic E-state index is 0.290. The smallest absolute Gasteiger partial charge is 0.340 e. The highest BCUT2D eigenvalue weighted by molar-refractivity contribution is 5.95. The first-order valence-electron chi connectivity index (χ1n) is 6.18. The Morgan fingerprint density at radius 1 is 1.58 bits per heavy atom. The Kier molecular flexibility index (Phi) is 5.61. The summed E-state index contributed by atoms with van der Waals surface area (Å²) in [5.74, 6) is 0.162. The normalized spacial score (nSPS) is 9.74. The van der Waals surface area contributed by atoms with Crippen LogP contribution in [0.25, 0.3) is 0 Å². The van der Waals surface area contributed by atoms with Gasteiger partial charge in [0.15, 0.2) is 0 Å². The molecule has 1 rings (SSSR count). The lowest BCUT2D eigenvalue weighted by Gasteiger charge is -2.21. The predicted molar refractivity (Wildman–Crippen MR) is 72.7 cm³/mol. The van der Waals surface area contributed by atoms with Crippen LogP contribution >= 0.6 is 0 Å². The number of esters is 1. The molecule has 6 heteroatoms. The molecule has 102 valence electrons. The van der Waals surface area contributed by atoms with E-state index >= 15 is 0 Å². The van der Waals surface area contributed by atoms with Crippen LogP contribution in [0.3, 0.4) is 0 Å². The number of hydrogen-bond donors (Lipinski definition) is 1. The Morgan fingerprint density at radius 3 is 2.89 bits per heavy atom. The fraction of sp³-hybridized carbons (Fsp3) is 0.462. The van der Waals surface area contributed by atoms with E-state index in [-0.39, 0.29) is 0 Å². The third-order valence-corrected chi connectivity index (χ3v) is 2.61. The number of hydrogen-bond acceptors (Lipinski definition) is 6. The molecule has 0 aliphatic heterocycles. The van der Waals surface area contributed by atoms with Crippen LogP contribution < -0.4 is 10.6 Å².